The van der Waals surface area contributed by atoms with Gasteiger partial charge in [-0.25, -0.2) is 9.07 Å². The number of aromatic nitrogens is 4. The SMILES string of the molecule is Cc1cccc(-c2nn(-c3ccc(F)cc3)cc2C(=O)Nc2nnc(C)s2)c1. The van der Waals surface area contributed by atoms with Crippen molar-refractivity contribution < 1.29 is 9.18 Å². The Morgan fingerprint density at radius 2 is 1.89 bits per heavy atom. The average molecular weight is 393 g/mol. The van der Waals surface area contributed by atoms with Crippen molar-refractivity contribution in [2.24, 2.45) is 0 Å². The molecular weight excluding hydrogens is 377 g/mol. The van der Waals surface area contributed by atoms with Crippen molar-refractivity contribution >= 4 is 22.4 Å². The maximum atomic E-state index is 13.3. The molecule has 0 fully saturated rings. The minimum atomic E-state index is -0.334. The molecule has 8 heteroatoms. The van der Waals surface area contributed by atoms with Gasteiger partial charge in [0.2, 0.25) is 5.13 Å². The molecule has 2 heterocycles. The minimum Gasteiger partial charge on any atom is -0.296 e. The van der Waals surface area contributed by atoms with Crippen LogP contribution >= 0.6 is 11.3 Å². The van der Waals surface area contributed by atoms with Crippen LogP contribution in [0.2, 0.25) is 0 Å². The highest BCUT2D eigenvalue weighted by atomic mass is 32.1. The summed E-state index contributed by atoms with van der Waals surface area (Å²) >= 11 is 1.30. The number of benzene rings is 2. The minimum absolute atomic E-state index is 0.332. The van der Waals surface area contributed by atoms with Crippen LogP contribution in [0.5, 0.6) is 0 Å². The summed E-state index contributed by atoms with van der Waals surface area (Å²) in [5.74, 6) is -0.666. The van der Waals surface area contributed by atoms with Gasteiger partial charge >= 0.3 is 0 Å². The van der Waals surface area contributed by atoms with Crippen molar-refractivity contribution in [3.8, 4) is 16.9 Å². The summed E-state index contributed by atoms with van der Waals surface area (Å²) in [6.07, 6.45) is 1.63. The number of carbonyl (C=O) groups excluding carboxylic acids is 1. The number of hydrogen-bond acceptors (Lipinski definition) is 5. The van der Waals surface area contributed by atoms with Gasteiger partial charge in [0, 0.05) is 11.8 Å². The number of aryl methyl sites for hydroxylation is 2. The Morgan fingerprint density at radius 3 is 2.57 bits per heavy atom. The van der Waals surface area contributed by atoms with Crippen LogP contribution in [0.3, 0.4) is 0 Å². The van der Waals surface area contributed by atoms with Gasteiger partial charge in [0.1, 0.15) is 16.5 Å². The van der Waals surface area contributed by atoms with Gasteiger partial charge in [-0.3, -0.25) is 10.1 Å². The Kier molecular flexibility index (Phi) is 4.70. The molecule has 28 heavy (non-hydrogen) atoms. The second-order valence-corrected chi connectivity index (χ2v) is 7.44. The third kappa shape index (κ3) is 3.67. The number of halogens is 1. The van der Waals surface area contributed by atoms with Gasteiger partial charge in [-0.2, -0.15) is 5.10 Å². The zero-order chi connectivity index (χ0) is 19.7. The maximum absolute atomic E-state index is 13.3. The van der Waals surface area contributed by atoms with E-state index in [2.05, 4.69) is 20.6 Å². The van der Waals surface area contributed by atoms with Crippen LogP contribution in [0, 0.1) is 19.7 Å². The van der Waals surface area contributed by atoms with Crippen molar-refractivity contribution in [1.82, 2.24) is 20.0 Å². The van der Waals surface area contributed by atoms with Crippen molar-refractivity contribution in [3.05, 3.63) is 76.7 Å². The van der Waals surface area contributed by atoms with E-state index in [9.17, 15) is 9.18 Å². The third-order valence-electron chi connectivity index (χ3n) is 4.09. The van der Waals surface area contributed by atoms with E-state index < -0.39 is 0 Å². The molecule has 0 spiro atoms. The zero-order valence-electron chi connectivity index (χ0n) is 15.2. The normalized spacial score (nSPS) is 10.8. The highest BCUT2D eigenvalue weighted by Crippen LogP contribution is 2.26. The molecule has 1 N–H and O–H groups in total. The molecule has 140 valence electrons. The monoisotopic (exact) mass is 393 g/mol. The number of amides is 1. The van der Waals surface area contributed by atoms with E-state index in [1.54, 1.807) is 23.0 Å². The molecule has 0 bridgehead atoms. The Morgan fingerprint density at radius 1 is 1.11 bits per heavy atom. The number of hydrogen-bond donors (Lipinski definition) is 1. The standard InChI is InChI=1S/C20H16FN5OS/c1-12-4-3-5-14(10-12)18-17(19(27)22-20-24-23-13(2)28-20)11-26(25-18)16-8-6-15(21)7-9-16/h3-11H,1-2H3,(H,22,24,27). The molecule has 0 saturated heterocycles. The molecule has 6 nitrogen and oxygen atoms in total. The molecule has 0 aliphatic rings. The lowest BCUT2D eigenvalue weighted by atomic mass is 10.1. The van der Waals surface area contributed by atoms with Crippen molar-refractivity contribution in [2.45, 2.75) is 13.8 Å². The van der Waals surface area contributed by atoms with Crippen molar-refractivity contribution in [2.75, 3.05) is 5.32 Å². The summed E-state index contributed by atoms with van der Waals surface area (Å²) in [5.41, 5.74) is 3.45. The first-order valence-electron chi connectivity index (χ1n) is 8.54. The topological polar surface area (TPSA) is 72.7 Å². The third-order valence-corrected chi connectivity index (χ3v) is 4.84. The molecule has 0 unspecified atom stereocenters. The lowest BCUT2D eigenvalue weighted by Crippen LogP contribution is -2.12. The molecule has 0 aliphatic heterocycles. The smallest absolute Gasteiger partial charge is 0.261 e. The quantitative estimate of drug-likeness (QED) is 0.558. The van der Waals surface area contributed by atoms with Gasteiger partial charge in [0.15, 0.2) is 0 Å². The van der Waals surface area contributed by atoms with Gasteiger partial charge in [-0.05, 0) is 44.2 Å². The molecule has 4 aromatic rings. The second-order valence-electron chi connectivity index (χ2n) is 6.26. The molecule has 2 aromatic heterocycles. The summed E-state index contributed by atoms with van der Waals surface area (Å²) in [4.78, 5) is 12.9. The fourth-order valence-electron chi connectivity index (χ4n) is 2.78. The first-order chi connectivity index (χ1) is 13.5. The lowest BCUT2D eigenvalue weighted by Gasteiger charge is -2.03. The molecule has 0 saturated carbocycles. The van der Waals surface area contributed by atoms with E-state index in [1.165, 1.54) is 23.5 Å². The van der Waals surface area contributed by atoms with E-state index >= 15 is 0 Å². The van der Waals surface area contributed by atoms with Gasteiger partial charge < -0.3 is 0 Å². The number of rotatable bonds is 4. The zero-order valence-corrected chi connectivity index (χ0v) is 16.0. The van der Waals surface area contributed by atoms with Crippen molar-refractivity contribution in [1.29, 1.82) is 0 Å². The molecule has 0 atom stereocenters. The van der Waals surface area contributed by atoms with E-state index in [1.807, 2.05) is 38.1 Å². The Balaban J connectivity index is 1.78. The maximum Gasteiger partial charge on any atom is 0.261 e. The molecule has 0 radical (unpaired) electrons. The van der Waals surface area contributed by atoms with Gasteiger partial charge in [0.05, 0.1) is 11.3 Å². The summed E-state index contributed by atoms with van der Waals surface area (Å²) in [5, 5.41) is 16.4. The first-order valence-corrected chi connectivity index (χ1v) is 9.35. The lowest BCUT2D eigenvalue weighted by molar-refractivity contribution is 0.102. The number of nitrogens with zero attached hydrogens (tertiary/aromatic N) is 4. The number of nitrogens with one attached hydrogen (secondary N) is 1. The summed E-state index contributed by atoms with van der Waals surface area (Å²) in [6.45, 7) is 3.79. The first kappa shape index (κ1) is 18.0. The van der Waals surface area contributed by atoms with E-state index in [0.717, 1.165) is 16.1 Å². The molecule has 4 rings (SSSR count). The Labute approximate surface area is 164 Å². The number of carbonyl (C=O) groups is 1. The predicted octanol–water partition coefficient (Wildman–Crippen LogP) is 4.40. The Bertz CT molecular complexity index is 1150. The predicted molar refractivity (Wildman–Crippen MR) is 106 cm³/mol. The summed E-state index contributed by atoms with van der Waals surface area (Å²) in [6, 6.07) is 13.7. The van der Waals surface area contributed by atoms with Crippen LogP contribution in [0.4, 0.5) is 9.52 Å². The van der Waals surface area contributed by atoms with Crippen molar-refractivity contribution in [3.63, 3.8) is 0 Å². The largest absolute Gasteiger partial charge is 0.296 e. The average Bonchev–Trinajstić information content (AvgIpc) is 3.29. The molecule has 0 aliphatic carbocycles. The van der Waals surface area contributed by atoms with Crippen LogP contribution in [-0.2, 0) is 0 Å². The van der Waals surface area contributed by atoms with Crippen LogP contribution in [-0.4, -0.2) is 25.9 Å². The summed E-state index contributed by atoms with van der Waals surface area (Å²) in [7, 11) is 0. The van der Waals surface area contributed by atoms with Gasteiger partial charge in [0.25, 0.3) is 5.91 Å². The van der Waals surface area contributed by atoms with Crippen LogP contribution < -0.4 is 5.32 Å². The summed E-state index contributed by atoms with van der Waals surface area (Å²) < 4.78 is 14.8. The van der Waals surface area contributed by atoms with E-state index in [4.69, 9.17) is 0 Å². The van der Waals surface area contributed by atoms with Crippen LogP contribution in [0.25, 0.3) is 16.9 Å². The second kappa shape index (κ2) is 7.32. The fraction of sp³-hybridized carbons (Fsp3) is 0.100. The van der Waals surface area contributed by atoms with Gasteiger partial charge in [-0.1, -0.05) is 35.1 Å². The van der Waals surface area contributed by atoms with Crippen LogP contribution in [0.1, 0.15) is 20.9 Å². The highest BCUT2D eigenvalue weighted by molar-refractivity contribution is 7.15. The molecular formula is C20H16FN5OS. The molecule has 2 aromatic carbocycles. The molecule has 1 amide bonds. The van der Waals surface area contributed by atoms with Crippen LogP contribution in [0.15, 0.2) is 54.7 Å². The fourth-order valence-corrected chi connectivity index (χ4v) is 3.37. The van der Waals surface area contributed by atoms with E-state index in [0.29, 0.717) is 22.1 Å². The Hall–Kier alpha value is -3.39. The van der Waals surface area contributed by atoms with E-state index in [-0.39, 0.29) is 11.7 Å². The number of anilines is 1. The van der Waals surface area contributed by atoms with Gasteiger partial charge in [-0.15, -0.1) is 10.2 Å². The highest BCUT2D eigenvalue weighted by Gasteiger charge is 2.20.